The average Bonchev–Trinajstić information content (AvgIpc) is 3.32. The van der Waals surface area contributed by atoms with Crippen molar-refractivity contribution in [2.75, 3.05) is 0 Å². The Morgan fingerprint density at radius 2 is 1.82 bits per heavy atom. The minimum atomic E-state index is -0.532. The Morgan fingerprint density at radius 3 is 2.47 bits per heavy atom. The fourth-order valence-electron chi connectivity index (χ4n) is 3.66. The quantitative estimate of drug-likeness (QED) is 0.345. The highest BCUT2D eigenvalue weighted by Gasteiger charge is 2.26. The van der Waals surface area contributed by atoms with Gasteiger partial charge in [-0.25, -0.2) is 0 Å². The van der Waals surface area contributed by atoms with E-state index in [1.807, 2.05) is 45.0 Å². The average molecular weight is 465 g/mol. The Bertz CT molecular complexity index is 1150. The predicted molar refractivity (Wildman–Crippen MR) is 126 cm³/mol. The van der Waals surface area contributed by atoms with Gasteiger partial charge in [-0.15, -0.1) is 0 Å². The van der Waals surface area contributed by atoms with E-state index in [0.29, 0.717) is 25.1 Å². The summed E-state index contributed by atoms with van der Waals surface area (Å²) < 4.78 is 5.36. The van der Waals surface area contributed by atoms with E-state index in [4.69, 9.17) is 4.52 Å². The van der Waals surface area contributed by atoms with E-state index < -0.39 is 4.92 Å². The molecule has 0 saturated heterocycles. The van der Waals surface area contributed by atoms with Crippen LogP contribution in [0.4, 0.5) is 5.69 Å². The molecule has 178 valence electrons. The van der Waals surface area contributed by atoms with Crippen LogP contribution in [0.25, 0.3) is 0 Å². The second-order valence-corrected chi connectivity index (χ2v) is 8.06. The molecule has 1 aromatic heterocycles. The highest BCUT2D eigenvalue weighted by molar-refractivity contribution is 5.95. The third-order valence-corrected chi connectivity index (χ3v) is 5.64. The molecule has 0 aliphatic carbocycles. The van der Waals surface area contributed by atoms with Crippen LogP contribution < -0.4 is 5.32 Å². The molecule has 1 N–H and O–H groups in total. The van der Waals surface area contributed by atoms with Crippen molar-refractivity contribution in [3.05, 3.63) is 92.9 Å². The third kappa shape index (κ3) is 6.06. The van der Waals surface area contributed by atoms with E-state index in [9.17, 15) is 19.7 Å². The SMILES string of the molecule is CCC(CC)N(Cc1cc(C(=O)NCc2ccc(C)cc2)no1)C(=O)c1cccc([N+](=O)[O-])c1. The number of hydrogen-bond acceptors (Lipinski definition) is 6. The molecule has 1 heterocycles. The van der Waals surface area contributed by atoms with Crippen molar-refractivity contribution < 1.29 is 19.0 Å². The number of nitro benzene ring substituents is 1. The van der Waals surface area contributed by atoms with Crippen LogP contribution >= 0.6 is 0 Å². The Balaban J connectivity index is 1.74. The third-order valence-electron chi connectivity index (χ3n) is 5.64. The van der Waals surface area contributed by atoms with Crippen LogP contribution in [0.3, 0.4) is 0 Å². The normalized spacial score (nSPS) is 10.8. The summed E-state index contributed by atoms with van der Waals surface area (Å²) >= 11 is 0. The summed E-state index contributed by atoms with van der Waals surface area (Å²) in [6.07, 6.45) is 1.38. The number of nitrogens with one attached hydrogen (secondary N) is 1. The van der Waals surface area contributed by atoms with Gasteiger partial charge in [0, 0.05) is 36.3 Å². The van der Waals surface area contributed by atoms with Crippen molar-refractivity contribution in [1.82, 2.24) is 15.4 Å². The lowest BCUT2D eigenvalue weighted by Crippen LogP contribution is -2.39. The van der Waals surface area contributed by atoms with Crippen molar-refractivity contribution >= 4 is 17.5 Å². The summed E-state index contributed by atoms with van der Waals surface area (Å²) in [6, 6.07) is 14.9. The highest BCUT2D eigenvalue weighted by Crippen LogP contribution is 2.21. The lowest BCUT2D eigenvalue weighted by Gasteiger charge is -2.29. The van der Waals surface area contributed by atoms with Crippen LogP contribution in [0.15, 0.2) is 59.1 Å². The van der Waals surface area contributed by atoms with Crippen molar-refractivity contribution in [2.24, 2.45) is 0 Å². The standard InChI is InChI=1S/C25H28N4O5/c1-4-20(5-2)28(25(31)19-7-6-8-21(13-19)29(32)33)16-22-14-23(27-34-22)24(30)26-15-18-11-9-17(3)10-12-18/h6-14,20H,4-5,15-16H2,1-3H3,(H,26,30). The maximum atomic E-state index is 13.3. The summed E-state index contributed by atoms with van der Waals surface area (Å²) in [5, 5.41) is 17.8. The van der Waals surface area contributed by atoms with Gasteiger partial charge in [0.05, 0.1) is 11.5 Å². The molecule has 2 amide bonds. The number of nitrogens with zero attached hydrogens (tertiary/aromatic N) is 3. The largest absolute Gasteiger partial charge is 0.359 e. The molecule has 34 heavy (non-hydrogen) atoms. The maximum Gasteiger partial charge on any atom is 0.273 e. The van der Waals surface area contributed by atoms with Gasteiger partial charge in [0.15, 0.2) is 11.5 Å². The van der Waals surface area contributed by atoms with Gasteiger partial charge in [0.1, 0.15) is 0 Å². The number of amides is 2. The molecule has 0 unspecified atom stereocenters. The molecule has 0 radical (unpaired) electrons. The van der Waals surface area contributed by atoms with Gasteiger partial charge in [-0.1, -0.05) is 54.9 Å². The monoisotopic (exact) mass is 464 g/mol. The molecule has 0 aliphatic rings. The molecule has 0 bridgehead atoms. The summed E-state index contributed by atoms with van der Waals surface area (Å²) in [5.74, 6) is -0.375. The zero-order valence-corrected chi connectivity index (χ0v) is 19.5. The van der Waals surface area contributed by atoms with Gasteiger partial charge in [0.2, 0.25) is 0 Å². The fourth-order valence-corrected chi connectivity index (χ4v) is 3.66. The first-order valence-electron chi connectivity index (χ1n) is 11.2. The smallest absolute Gasteiger partial charge is 0.273 e. The predicted octanol–water partition coefficient (Wildman–Crippen LogP) is 4.65. The van der Waals surface area contributed by atoms with Gasteiger partial charge >= 0.3 is 0 Å². The van der Waals surface area contributed by atoms with Crippen LogP contribution in [-0.2, 0) is 13.1 Å². The van der Waals surface area contributed by atoms with Crippen molar-refractivity contribution in [3.63, 3.8) is 0 Å². The molecule has 3 rings (SSSR count). The number of rotatable bonds is 10. The summed E-state index contributed by atoms with van der Waals surface area (Å²) in [5.41, 5.74) is 2.29. The van der Waals surface area contributed by atoms with Gasteiger partial charge < -0.3 is 14.7 Å². The molecular weight excluding hydrogens is 436 g/mol. The molecule has 9 nitrogen and oxygen atoms in total. The molecule has 9 heteroatoms. The number of hydrogen-bond donors (Lipinski definition) is 1. The van der Waals surface area contributed by atoms with Crippen molar-refractivity contribution in [1.29, 1.82) is 0 Å². The minimum Gasteiger partial charge on any atom is -0.359 e. The lowest BCUT2D eigenvalue weighted by atomic mass is 10.1. The number of carbonyl (C=O) groups is 2. The molecular formula is C25H28N4O5. The van der Waals surface area contributed by atoms with Crippen LogP contribution in [0.1, 0.15) is 64.4 Å². The van der Waals surface area contributed by atoms with Crippen molar-refractivity contribution in [3.8, 4) is 0 Å². The zero-order valence-electron chi connectivity index (χ0n) is 19.5. The second-order valence-electron chi connectivity index (χ2n) is 8.06. The van der Waals surface area contributed by atoms with Gasteiger partial charge in [-0.05, 0) is 31.4 Å². The highest BCUT2D eigenvalue weighted by atomic mass is 16.6. The van der Waals surface area contributed by atoms with E-state index in [0.717, 1.165) is 11.1 Å². The van der Waals surface area contributed by atoms with Crippen LogP contribution in [0.5, 0.6) is 0 Å². The fraction of sp³-hybridized carbons (Fsp3) is 0.320. The molecule has 0 atom stereocenters. The van der Waals surface area contributed by atoms with E-state index >= 15 is 0 Å². The Hall–Kier alpha value is -4.01. The first kappa shape index (κ1) is 24.6. The van der Waals surface area contributed by atoms with E-state index in [-0.39, 0.29) is 41.3 Å². The minimum absolute atomic E-state index is 0.0894. The van der Waals surface area contributed by atoms with Gasteiger partial charge in [0.25, 0.3) is 17.5 Å². The van der Waals surface area contributed by atoms with E-state index in [1.165, 1.54) is 24.3 Å². The van der Waals surface area contributed by atoms with Crippen LogP contribution in [0.2, 0.25) is 0 Å². The summed E-state index contributed by atoms with van der Waals surface area (Å²) in [6.45, 7) is 6.37. The maximum absolute atomic E-state index is 13.3. The zero-order chi connectivity index (χ0) is 24.7. The molecule has 2 aromatic carbocycles. The van der Waals surface area contributed by atoms with Crippen molar-refractivity contribution in [2.45, 2.75) is 52.7 Å². The van der Waals surface area contributed by atoms with E-state index in [2.05, 4.69) is 10.5 Å². The Kier molecular flexibility index (Phi) is 8.13. The Labute approximate surface area is 197 Å². The molecule has 0 aliphatic heterocycles. The number of aromatic nitrogens is 1. The summed E-state index contributed by atoms with van der Waals surface area (Å²) in [4.78, 5) is 38.0. The topological polar surface area (TPSA) is 119 Å². The number of nitro groups is 1. The second kappa shape index (κ2) is 11.2. The number of non-ortho nitro benzene ring substituents is 1. The molecule has 0 fully saturated rings. The van der Waals surface area contributed by atoms with Crippen LogP contribution in [0, 0.1) is 17.0 Å². The molecule has 0 saturated carbocycles. The van der Waals surface area contributed by atoms with Crippen LogP contribution in [-0.4, -0.2) is 32.8 Å². The Morgan fingerprint density at radius 1 is 1.12 bits per heavy atom. The van der Waals surface area contributed by atoms with Gasteiger partial charge in [-0.3, -0.25) is 19.7 Å². The first-order valence-corrected chi connectivity index (χ1v) is 11.2. The molecule has 0 spiro atoms. The number of aryl methyl sites for hydroxylation is 1. The first-order chi connectivity index (χ1) is 16.3. The molecule has 3 aromatic rings. The lowest BCUT2D eigenvalue weighted by molar-refractivity contribution is -0.384. The number of benzene rings is 2. The summed E-state index contributed by atoms with van der Waals surface area (Å²) in [7, 11) is 0. The van der Waals surface area contributed by atoms with Gasteiger partial charge in [-0.2, -0.15) is 0 Å². The number of carbonyl (C=O) groups excluding carboxylic acids is 2. The van der Waals surface area contributed by atoms with E-state index in [1.54, 1.807) is 11.0 Å².